The Balaban J connectivity index is 1.74. The quantitative estimate of drug-likeness (QED) is 0.850. The van der Waals surface area contributed by atoms with E-state index in [1.165, 1.54) is 0 Å². The number of rotatable bonds is 5. The van der Waals surface area contributed by atoms with E-state index in [9.17, 15) is 4.79 Å². The minimum Gasteiger partial charge on any atom is -0.480 e. The first kappa shape index (κ1) is 18.2. The number of piperidine rings is 1. The van der Waals surface area contributed by atoms with E-state index >= 15 is 0 Å². The lowest BCUT2D eigenvalue weighted by molar-refractivity contribution is -0.139. The van der Waals surface area contributed by atoms with Gasteiger partial charge in [0, 0.05) is 24.5 Å². The highest BCUT2D eigenvalue weighted by molar-refractivity contribution is 6.39. The number of hydrogen-bond acceptors (Lipinski definition) is 4. The summed E-state index contributed by atoms with van der Waals surface area (Å²) in [7, 11) is 0. The Kier molecular flexibility index (Phi) is 5.67. The summed E-state index contributed by atoms with van der Waals surface area (Å²) in [6.07, 6.45) is 1.84. The van der Waals surface area contributed by atoms with Gasteiger partial charge < -0.3 is 10.0 Å². The normalized spacial score (nSPS) is 15.9. The Labute approximate surface area is 157 Å². The smallest absolute Gasteiger partial charge is 0.317 e. The summed E-state index contributed by atoms with van der Waals surface area (Å²) in [6, 6.07) is 7.78. The maximum atomic E-state index is 11.0. The molecule has 2 aromatic rings. The highest BCUT2D eigenvalue weighted by Gasteiger charge is 2.25. The summed E-state index contributed by atoms with van der Waals surface area (Å²) in [5, 5.41) is 11.1. The molecule has 0 unspecified atom stereocenters. The van der Waals surface area contributed by atoms with Gasteiger partial charge in [-0.1, -0.05) is 30.1 Å². The summed E-state index contributed by atoms with van der Waals surface area (Å²) in [5.41, 5.74) is 0.717. The van der Waals surface area contributed by atoms with Crippen molar-refractivity contribution in [3.63, 3.8) is 0 Å². The zero-order valence-corrected chi connectivity index (χ0v) is 15.6. The average Bonchev–Trinajstić information content (AvgIpc) is 2.62. The maximum Gasteiger partial charge on any atom is 0.317 e. The molecule has 134 valence electrons. The molecule has 1 N–H and O–H groups in total. The highest BCUT2D eigenvalue weighted by Crippen LogP contribution is 2.31. The van der Waals surface area contributed by atoms with Crippen LogP contribution in [0.3, 0.4) is 0 Å². The monoisotopic (exact) mass is 381 g/mol. The molecule has 1 aromatic heterocycles. The second-order valence-corrected chi connectivity index (χ2v) is 7.08. The molecule has 0 atom stereocenters. The molecular weight excluding hydrogens is 361 g/mol. The molecule has 1 fully saturated rings. The first-order chi connectivity index (χ1) is 12.0. The second-order valence-electron chi connectivity index (χ2n) is 6.27. The van der Waals surface area contributed by atoms with Gasteiger partial charge >= 0.3 is 5.97 Å². The molecule has 0 spiro atoms. The number of aliphatic carboxylic acids is 1. The molecular formula is C18H21Cl2N3O2. The highest BCUT2D eigenvalue weighted by atomic mass is 35.5. The predicted molar refractivity (Wildman–Crippen MR) is 102 cm³/mol. The van der Waals surface area contributed by atoms with Crippen LogP contribution in [-0.4, -0.2) is 53.2 Å². The third-order valence-corrected chi connectivity index (χ3v) is 5.42. The zero-order chi connectivity index (χ0) is 18.0. The van der Waals surface area contributed by atoms with Gasteiger partial charge in [0.1, 0.15) is 5.82 Å². The van der Waals surface area contributed by atoms with Crippen molar-refractivity contribution in [3.8, 4) is 0 Å². The molecule has 0 radical (unpaired) electrons. The van der Waals surface area contributed by atoms with Crippen LogP contribution < -0.4 is 4.90 Å². The minimum absolute atomic E-state index is 0.101. The Morgan fingerprint density at radius 1 is 1.24 bits per heavy atom. The zero-order valence-electron chi connectivity index (χ0n) is 14.1. The van der Waals surface area contributed by atoms with E-state index in [0.717, 1.165) is 49.2 Å². The molecule has 25 heavy (non-hydrogen) atoms. The number of anilines is 1. The van der Waals surface area contributed by atoms with E-state index in [4.69, 9.17) is 33.3 Å². The molecule has 0 amide bonds. The number of hydrogen-bond donors (Lipinski definition) is 1. The van der Waals surface area contributed by atoms with E-state index in [0.29, 0.717) is 16.1 Å². The Hall–Kier alpha value is -1.56. The number of halogens is 2. The van der Waals surface area contributed by atoms with Gasteiger partial charge in [0.05, 0.1) is 22.1 Å². The predicted octanol–water partition coefficient (Wildman–Crippen LogP) is 3.92. The summed E-state index contributed by atoms with van der Waals surface area (Å²) < 4.78 is 0. The van der Waals surface area contributed by atoms with Crippen molar-refractivity contribution in [3.05, 3.63) is 34.3 Å². The summed E-state index contributed by atoms with van der Waals surface area (Å²) in [5.74, 6) is 0.114. The van der Waals surface area contributed by atoms with E-state index in [2.05, 4.69) is 4.90 Å². The van der Waals surface area contributed by atoms with Crippen LogP contribution >= 0.6 is 23.2 Å². The van der Waals surface area contributed by atoms with Crippen molar-refractivity contribution in [2.45, 2.75) is 25.8 Å². The number of carboxylic acids is 1. The number of carboxylic acid groups (broad SMARTS) is 1. The maximum absolute atomic E-state index is 11.0. The molecule has 1 aliphatic heterocycles. The molecule has 0 bridgehead atoms. The summed E-state index contributed by atoms with van der Waals surface area (Å²) in [6.45, 7) is 4.55. The molecule has 0 aliphatic carbocycles. The number of nitrogens with zero attached hydrogens (tertiary/aromatic N) is 3. The van der Waals surface area contributed by atoms with Crippen LogP contribution in [0.5, 0.6) is 0 Å². The van der Waals surface area contributed by atoms with Crippen molar-refractivity contribution in [1.29, 1.82) is 0 Å². The lowest BCUT2D eigenvalue weighted by Gasteiger charge is -2.38. The van der Waals surface area contributed by atoms with Crippen molar-refractivity contribution in [2.24, 2.45) is 0 Å². The Bertz CT molecular complexity index is 776. The fourth-order valence-electron chi connectivity index (χ4n) is 3.45. The van der Waals surface area contributed by atoms with E-state index in [-0.39, 0.29) is 6.54 Å². The lowest BCUT2D eigenvalue weighted by Crippen LogP contribution is -2.46. The van der Waals surface area contributed by atoms with Crippen molar-refractivity contribution < 1.29 is 9.90 Å². The fourth-order valence-corrected chi connectivity index (χ4v) is 3.87. The third kappa shape index (κ3) is 4.00. The molecule has 0 saturated carbocycles. The van der Waals surface area contributed by atoms with Gasteiger partial charge in [-0.2, -0.15) is 0 Å². The standard InChI is InChI=1S/C18H21Cl2N3O2/c1-2-22(11-17(24)25)12-7-9-23(10-8-12)16-6-3-13-14(19)4-5-15(20)18(13)21-16/h3-6,12H,2,7-11H2,1H3,(H,24,25). The lowest BCUT2D eigenvalue weighted by atomic mass is 10.0. The van der Waals surface area contributed by atoms with Crippen LogP contribution in [0, 0.1) is 0 Å². The van der Waals surface area contributed by atoms with Crippen molar-refractivity contribution >= 4 is 45.9 Å². The molecule has 3 rings (SSSR count). The van der Waals surface area contributed by atoms with Gasteiger partial charge in [0.25, 0.3) is 0 Å². The third-order valence-electron chi connectivity index (χ3n) is 4.79. The van der Waals surface area contributed by atoms with Gasteiger partial charge in [0.2, 0.25) is 0 Å². The van der Waals surface area contributed by atoms with Crippen LogP contribution in [0.1, 0.15) is 19.8 Å². The minimum atomic E-state index is -0.771. The number of pyridine rings is 1. The van der Waals surface area contributed by atoms with Gasteiger partial charge in [-0.15, -0.1) is 0 Å². The van der Waals surface area contributed by atoms with E-state index in [1.807, 2.05) is 24.0 Å². The van der Waals surface area contributed by atoms with Crippen LogP contribution in [0.25, 0.3) is 10.9 Å². The van der Waals surface area contributed by atoms with Crippen LogP contribution in [0.2, 0.25) is 10.0 Å². The number of carbonyl (C=O) groups is 1. The summed E-state index contributed by atoms with van der Waals surface area (Å²) in [4.78, 5) is 20.0. The van der Waals surface area contributed by atoms with Crippen molar-refractivity contribution in [1.82, 2.24) is 9.88 Å². The van der Waals surface area contributed by atoms with Crippen LogP contribution in [0.4, 0.5) is 5.82 Å². The van der Waals surface area contributed by atoms with Gasteiger partial charge in [-0.3, -0.25) is 9.69 Å². The molecule has 7 heteroatoms. The average molecular weight is 382 g/mol. The van der Waals surface area contributed by atoms with Gasteiger partial charge in [0.15, 0.2) is 0 Å². The molecule has 5 nitrogen and oxygen atoms in total. The summed E-state index contributed by atoms with van der Waals surface area (Å²) >= 11 is 12.5. The Morgan fingerprint density at radius 3 is 2.56 bits per heavy atom. The van der Waals surface area contributed by atoms with Crippen LogP contribution in [0.15, 0.2) is 24.3 Å². The molecule has 2 heterocycles. The van der Waals surface area contributed by atoms with Gasteiger partial charge in [-0.25, -0.2) is 4.98 Å². The number of fused-ring (bicyclic) bond motifs is 1. The number of benzene rings is 1. The topological polar surface area (TPSA) is 56.7 Å². The number of aromatic nitrogens is 1. The van der Waals surface area contributed by atoms with E-state index < -0.39 is 5.97 Å². The first-order valence-corrected chi connectivity index (χ1v) is 9.20. The van der Waals surface area contributed by atoms with Crippen molar-refractivity contribution in [2.75, 3.05) is 31.1 Å². The largest absolute Gasteiger partial charge is 0.480 e. The van der Waals surface area contributed by atoms with Crippen LogP contribution in [-0.2, 0) is 4.79 Å². The molecule has 1 aromatic carbocycles. The Morgan fingerprint density at radius 2 is 1.92 bits per heavy atom. The second kappa shape index (κ2) is 7.77. The number of likely N-dealkylation sites (N-methyl/N-ethyl adjacent to an activating group) is 1. The molecule has 1 saturated heterocycles. The molecule has 1 aliphatic rings. The van der Waals surface area contributed by atoms with Gasteiger partial charge in [-0.05, 0) is 43.7 Å². The first-order valence-electron chi connectivity index (χ1n) is 8.45. The fraction of sp³-hybridized carbons (Fsp3) is 0.444. The SMILES string of the molecule is CCN(CC(=O)O)C1CCN(c2ccc3c(Cl)ccc(Cl)c3n2)CC1. The van der Waals surface area contributed by atoms with E-state index in [1.54, 1.807) is 12.1 Å².